The van der Waals surface area contributed by atoms with E-state index in [1.54, 1.807) is 31.2 Å². The van der Waals surface area contributed by atoms with Crippen LogP contribution >= 0.6 is 11.8 Å². The topological polar surface area (TPSA) is 58.6 Å². The smallest absolute Gasteiger partial charge is 0.264 e. The summed E-state index contributed by atoms with van der Waals surface area (Å²) in [7, 11) is 3.35. The molecule has 1 N–H and O–H groups in total. The summed E-state index contributed by atoms with van der Waals surface area (Å²) < 4.78 is 5.18. The Morgan fingerprint density at radius 1 is 1.06 bits per heavy atom. The van der Waals surface area contributed by atoms with Crippen LogP contribution in [0.25, 0.3) is 6.08 Å². The fourth-order valence-electron chi connectivity index (χ4n) is 3.27. The molecule has 0 aromatic heterocycles. The lowest BCUT2D eigenvalue weighted by atomic mass is 10.1. The number of nitrogens with zero attached hydrogens (tertiary/aromatic N) is 1. The Kier molecular flexibility index (Phi) is 6.09. The number of amides is 2. The highest BCUT2D eigenvalue weighted by Gasteiger charge is 2.27. The Bertz CT molecular complexity index is 1140. The molecule has 3 aromatic rings. The van der Waals surface area contributed by atoms with Crippen molar-refractivity contribution in [3.05, 3.63) is 94.4 Å². The Labute approximate surface area is 185 Å². The number of hydrogen-bond acceptors (Lipinski definition) is 4. The van der Waals surface area contributed by atoms with Crippen molar-refractivity contribution in [2.45, 2.75) is 11.4 Å². The molecule has 0 atom stereocenters. The minimum atomic E-state index is -0.169. The molecule has 4 rings (SSSR count). The quantitative estimate of drug-likeness (QED) is 0.595. The minimum Gasteiger partial charge on any atom is -0.497 e. The zero-order valence-electron chi connectivity index (χ0n) is 17.3. The van der Waals surface area contributed by atoms with E-state index in [2.05, 4.69) is 5.32 Å². The van der Waals surface area contributed by atoms with Crippen LogP contribution in [0.5, 0.6) is 5.75 Å². The van der Waals surface area contributed by atoms with E-state index in [9.17, 15) is 9.59 Å². The van der Waals surface area contributed by atoms with Gasteiger partial charge in [0.05, 0.1) is 17.7 Å². The third kappa shape index (κ3) is 4.64. The van der Waals surface area contributed by atoms with Gasteiger partial charge in [0.15, 0.2) is 0 Å². The predicted molar refractivity (Wildman–Crippen MR) is 124 cm³/mol. The summed E-state index contributed by atoms with van der Waals surface area (Å²) in [6.45, 7) is 0.453. The van der Waals surface area contributed by atoms with Crippen LogP contribution in [0.4, 0.5) is 5.69 Å². The van der Waals surface area contributed by atoms with Gasteiger partial charge in [-0.05, 0) is 47.5 Å². The van der Waals surface area contributed by atoms with Crippen LogP contribution < -0.4 is 15.0 Å². The largest absolute Gasteiger partial charge is 0.497 e. The molecule has 31 heavy (non-hydrogen) atoms. The van der Waals surface area contributed by atoms with Gasteiger partial charge in [0.1, 0.15) is 5.75 Å². The van der Waals surface area contributed by atoms with Crippen molar-refractivity contribution < 1.29 is 14.3 Å². The van der Waals surface area contributed by atoms with Gasteiger partial charge in [-0.1, -0.05) is 54.2 Å². The first-order valence-electron chi connectivity index (χ1n) is 9.83. The van der Waals surface area contributed by atoms with E-state index >= 15 is 0 Å². The lowest BCUT2D eigenvalue weighted by Crippen LogP contribution is -2.31. The summed E-state index contributed by atoms with van der Waals surface area (Å²) in [4.78, 5) is 28.7. The summed E-state index contributed by atoms with van der Waals surface area (Å²) in [5.41, 5.74) is 3.21. The normalized spacial score (nSPS) is 14.3. The molecule has 1 aliphatic heterocycles. The van der Waals surface area contributed by atoms with Gasteiger partial charge >= 0.3 is 0 Å². The standard InChI is InChI=1S/C25H22N2O3S/c1-27-21-15-19(24(28)26-16-18-6-4-3-5-7-18)10-13-22(21)31-23(25(27)29)14-17-8-11-20(30-2)12-9-17/h3-15H,16H2,1-2H3,(H,26,28)/b23-14-. The first-order chi connectivity index (χ1) is 15.0. The highest BCUT2D eigenvalue weighted by molar-refractivity contribution is 8.04. The van der Waals surface area contributed by atoms with E-state index < -0.39 is 0 Å². The van der Waals surface area contributed by atoms with Crippen LogP contribution in [0.2, 0.25) is 0 Å². The molecule has 0 saturated carbocycles. The molecule has 0 fully saturated rings. The number of fused-ring (bicyclic) bond motifs is 1. The van der Waals surface area contributed by atoms with Gasteiger partial charge in [-0.2, -0.15) is 0 Å². The molecule has 1 heterocycles. The molecule has 0 saturated heterocycles. The van der Waals surface area contributed by atoms with Crippen LogP contribution in [-0.2, 0) is 11.3 Å². The van der Waals surface area contributed by atoms with Gasteiger partial charge in [0.25, 0.3) is 11.8 Å². The van der Waals surface area contributed by atoms with E-state index in [4.69, 9.17) is 4.74 Å². The van der Waals surface area contributed by atoms with E-state index in [0.29, 0.717) is 17.0 Å². The van der Waals surface area contributed by atoms with Crippen molar-refractivity contribution in [1.29, 1.82) is 0 Å². The van der Waals surface area contributed by atoms with Crippen molar-refractivity contribution in [2.24, 2.45) is 0 Å². The van der Waals surface area contributed by atoms with Gasteiger partial charge in [-0.3, -0.25) is 9.59 Å². The van der Waals surface area contributed by atoms with Crippen molar-refractivity contribution >= 4 is 35.3 Å². The minimum absolute atomic E-state index is 0.102. The highest BCUT2D eigenvalue weighted by Crippen LogP contribution is 2.42. The van der Waals surface area contributed by atoms with Crippen molar-refractivity contribution in [3.8, 4) is 5.75 Å². The molecular weight excluding hydrogens is 408 g/mol. The Morgan fingerprint density at radius 3 is 2.52 bits per heavy atom. The van der Waals surface area contributed by atoms with E-state index in [0.717, 1.165) is 27.5 Å². The maximum Gasteiger partial charge on any atom is 0.264 e. The number of nitrogens with one attached hydrogen (secondary N) is 1. The number of likely N-dealkylation sites (N-methyl/N-ethyl adjacent to an activating group) is 1. The summed E-state index contributed by atoms with van der Waals surface area (Å²) in [5.74, 6) is 0.498. The number of rotatable bonds is 5. The van der Waals surface area contributed by atoms with Crippen molar-refractivity contribution in [2.75, 3.05) is 19.1 Å². The zero-order valence-corrected chi connectivity index (χ0v) is 18.1. The Morgan fingerprint density at radius 2 is 1.81 bits per heavy atom. The van der Waals surface area contributed by atoms with Crippen molar-refractivity contribution in [3.63, 3.8) is 0 Å². The summed E-state index contributed by atoms with van der Waals surface area (Å²) >= 11 is 1.41. The molecule has 0 spiro atoms. The molecular formula is C25H22N2O3S. The lowest BCUT2D eigenvalue weighted by molar-refractivity contribution is -0.114. The fourth-order valence-corrected chi connectivity index (χ4v) is 4.36. The molecule has 0 bridgehead atoms. The number of thioether (sulfide) groups is 1. The van der Waals surface area contributed by atoms with E-state index in [-0.39, 0.29) is 11.8 Å². The van der Waals surface area contributed by atoms with Crippen LogP contribution in [0.1, 0.15) is 21.5 Å². The maximum atomic E-state index is 12.9. The zero-order chi connectivity index (χ0) is 21.8. The SMILES string of the molecule is COc1ccc(/C=C2\Sc3ccc(C(=O)NCc4ccccc4)cc3N(C)C2=O)cc1. The third-order valence-corrected chi connectivity index (χ3v) is 6.10. The first kappa shape index (κ1) is 20.8. The Balaban J connectivity index is 1.52. The van der Waals surface area contributed by atoms with Crippen LogP contribution in [0.15, 0.2) is 82.6 Å². The summed E-state index contributed by atoms with van der Waals surface area (Å²) in [6.07, 6.45) is 1.87. The summed E-state index contributed by atoms with van der Waals surface area (Å²) in [5, 5.41) is 2.93. The number of hydrogen-bond donors (Lipinski definition) is 1. The second-order valence-electron chi connectivity index (χ2n) is 7.10. The number of methoxy groups -OCH3 is 1. The number of carbonyl (C=O) groups excluding carboxylic acids is 2. The summed E-state index contributed by atoms with van der Waals surface area (Å²) in [6, 6.07) is 22.8. The van der Waals surface area contributed by atoms with Gasteiger partial charge < -0.3 is 15.0 Å². The average molecular weight is 431 g/mol. The molecule has 0 aliphatic carbocycles. The molecule has 1 aliphatic rings. The molecule has 2 amide bonds. The van der Waals surface area contributed by atoms with E-state index in [1.165, 1.54) is 11.8 Å². The number of benzene rings is 3. The molecule has 0 radical (unpaired) electrons. The van der Waals surface area contributed by atoms with Crippen molar-refractivity contribution in [1.82, 2.24) is 5.32 Å². The van der Waals surface area contributed by atoms with Gasteiger partial charge in [-0.15, -0.1) is 0 Å². The second kappa shape index (κ2) is 9.10. The van der Waals surface area contributed by atoms with Crippen LogP contribution in [-0.4, -0.2) is 26.0 Å². The van der Waals surface area contributed by atoms with E-state index in [1.807, 2.05) is 66.7 Å². The lowest BCUT2D eigenvalue weighted by Gasteiger charge is -2.27. The number of carbonyl (C=O) groups is 2. The van der Waals surface area contributed by atoms with Gasteiger partial charge in [0.2, 0.25) is 0 Å². The maximum absolute atomic E-state index is 12.9. The molecule has 0 unspecified atom stereocenters. The molecule has 6 heteroatoms. The number of anilines is 1. The predicted octanol–water partition coefficient (Wildman–Crippen LogP) is 4.73. The van der Waals surface area contributed by atoms with Gasteiger partial charge in [0, 0.05) is 24.1 Å². The molecule has 3 aromatic carbocycles. The number of ether oxygens (including phenoxy) is 1. The van der Waals surface area contributed by atoms with Crippen LogP contribution in [0.3, 0.4) is 0 Å². The third-order valence-electron chi connectivity index (χ3n) is 5.03. The first-order valence-corrected chi connectivity index (χ1v) is 10.6. The average Bonchev–Trinajstić information content (AvgIpc) is 2.82. The second-order valence-corrected chi connectivity index (χ2v) is 8.18. The van der Waals surface area contributed by atoms with Gasteiger partial charge in [-0.25, -0.2) is 0 Å². The Hall–Kier alpha value is -3.51. The highest BCUT2D eigenvalue weighted by atomic mass is 32.2. The molecule has 156 valence electrons. The fraction of sp³-hybridized carbons (Fsp3) is 0.120. The monoisotopic (exact) mass is 430 g/mol. The molecule has 5 nitrogen and oxygen atoms in total. The van der Waals surface area contributed by atoms with Crippen LogP contribution in [0, 0.1) is 0 Å².